The first-order valence-electron chi connectivity index (χ1n) is 7.66. The summed E-state index contributed by atoms with van der Waals surface area (Å²) >= 11 is 0. The quantitative estimate of drug-likeness (QED) is 0.623. The molecule has 0 radical (unpaired) electrons. The monoisotopic (exact) mass is 262 g/mol. The third kappa shape index (κ3) is 7.28. The lowest BCUT2D eigenvalue weighted by atomic mass is 10.2. The van der Waals surface area contributed by atoms with Crippen molar-refractivity contribution in [3.63, 3.8) is 0 Å². The molecule has 0 saturated heterocycles. The lowest BCUT2D eigenvalue weighted by Gasteiger charge is -2.05. The normalized spacial score (nSPS) is 14.7. The molecule has 1 saturated carbocycles. The first kappa shape index (κ1) is 14.5. The molecule has 3 nitrogen and oxygen atoms in total. The third-order valence-electron chi connectivity index (χ3n) is 3.45. The molecular weight excluding hydrogens is 236 g/mol. The van der Waals surface area contributed by atoms with Gasteiger partial charge in [-0.1, -0.05) is 18.9 Å². The van der Waals surface area contributed by atoms with E-state index < -0.39 is 0 Å². The Balaban J connectivity index is 1.32. The third-order valence-corrected chi connectivity index (χ3v) is 3.45. The van der Waals surface area contributed by atoms with Gasteiger partial charge in [-0.3, -0.25) is 4.98 Å². The van der Waals surface area contributed by atoms with Crippen LogP contribution in [0.2, 0.25) is 0 Å². The van der Waals surface area contributed by atoms with Crippen LogP contribution in [-0.4, -0.2) is 30.8 Å². The molecule has 2 rings (SSSR count). The van der Waals surface area contributed by atoms with E-state index in [4.69, 9.17) is 4.74 Å². The molecule has 1 N–H and O–H groups in total. The minimum Gasteiger partial charge on any atom is -0.381 e. The van der Waals surface area contributed by atoms with Gasteiger partial charge < -0.3 is 10.1 Å². The predicted octanol–water partition coefficient (Wildman–Crippen LogP) is 2.95. The Hall–Kier alpha value is -0.930. The number of hydrogen-bond acceptors (Lipinski definition) is 3. The van der Waals surface area contributed by atoms with Gasteiger partial charge in [0.05, 0.1) is 6.61 Å². The molecule has 19 heavy (non-hydrogen) atoms. The average molecular weight is 262 g/mol. The van der Waals surface area contributed by atoms with Crippen LogP contribution in [0.5, 0.6) is 0 Å². The second kappa shape index (κ2) is 9.05. The van der Waals surface area contributed by atoms with Crippen molar-refractivity contribution >= 4 is 0 Å². The number of nitrogens with one attached hydrogen (secondary N) is 1. The number of aromatic nitrogens is 1. The first-order valence-corrected chi connectivity index (χ1v) is 7.66. The molecule has 1 heterocycles. The predicted molar refractivity (Wildman–Crippen MR) is 78.3 cm³/mol. The zero-order chi connectivity index (χ0) is 13.2. The zero-order valence-electron chi connectivity index (χ0n) is 11.8. The minimum absolute atomic E-state index is 0.792. The number of nitrogens with zero attached hydrogens (tertiary/aromatic N) is 1. The first-order chi connectivity index (χ1) is 9.45. The van der Waals surface area contributed by atoms with Crippen LogP contribution < -0.4 is 5.32 Å². The Morgan fingerprint density at radius 2 is 2.00 bits per heavy atom. The molecule has 0 spiro atoms. The van der Waals surface area contributed by atoms with E-state index in [2.05, 4.69) is 16.4 Å². The van der Waals surface area contributed by atoms with Crippen LogP contribution in [0.3, 0.4) is 0 Å². The molecule has 0 bridgehead atoms. The van der Waals surface area contributed by atoms with Crippen molar-refractivity contribution in [2.75, 3.05) is 19.8 Å². The van der Waals surface area contributed by atoms with E-state index >= 15 is 0 Å². The Morgan fingerprint density at radius 3 is 2.79 bits per heavy atom. The summed E-state index contributed by atoms with van der Waals surface area (Å²) in [6.07, 6.45) is 10.7. The summed E-state index contributed by atoms with van der Waals surface area (Å²) in [4.78, 5) is 4.28. The maximum atomic E-state index is 5.64. The van der Waals surface area contributed by atoms with Crippen molar-refractivity contribution < 1.29 is 4.74 Å². The van der Waals surface area contributed by atoms with Gasteiger partial charge in [0.2, 0.25) is 0 Å². The van der Waals surface area contributed by atoms with Crippen LogP contribution in [0.4, 0.5) is 0 Å². The minimum atomic E-state index is 0.792. The van der Waals surface area contributed by atoms with E-state index in [-0.39, 0.29) is 0 Å². The van der Waals surface area contributed by atoms with E-state index in [1.807, 2.05) is 18.3 Å². The highest BCUT2D eigenvalue weighted by Crippen LogP contribution is 2.18. The summed E-state index contributed by atoms with van der Waals surface area (Å²) in [7, 11) is 0. The number of ether oxygens (including phenoxy) is 1. The van der Waals surface area contributed by atoms with Gasteiger partial charge in [-0.15, -0.1) is 0 Å². The van der Waals surface area contributed by atoms with Gasteiger partial charge in [0, 0.05) is 31.0 Å². The molecule has 0 aliphatic heterocycles. The average Bonchev–Trinajstić information content (AvgIpc) is 3.26. The SMILES string of the molecule is c1ccc(CCOCCCCCCNC2CC2)nc1. The van der Waals surface area contributed by atoms with Gasteiger partial charge in [-0.05, 0) is 44.4 Å². The molecule has 1 aromatic heterocycles. The van der Waals surface area contributed by atoms with Crippen molar-refractivity contribution in [3.8, 4) is 0 Å². The molecule has 0 aromatic carbocycles. The maximum absolute atomic E-state index is 5.64. The van der Waals surface area contributed by atoms with Gasteiger partial charge in [0.15, 0.2) is 0 Å². The smallest absolute Gasteiger partial charge is 0.0521 e. The Labute approximate surface area is 116 Å². The molecule has 0 atom stereocenters. The van der Waals surface area contributed by atoms with Crippen LogP contribution in [-0.2, 0) is 11.2 Å². The Kier molecular flexibility index (Phi) is 6.90. The fourth-order valence-electron chi connectivity index (χ4n) is 2.10. The highest BCUT2D eigenvalue weighted by molar-refractivity contribution is 5.03. The standard InChI is InChI=1S/C16H26N2O/c1(4-11-18-16-8-9-16)2-6-13-19-14-10-15-7-3-5-12-17-15/h3,5,7,12,16,18H,1-2,4,6,8-11,13-14H2. The van der Waals surface area contributed by atoms with E-state index in [0.29, 0.717) is 0 Å². The van der Waals surface area contributed by atoms with Crippen LogP contribution in [0, 0.1) is 0 Å². The molecule has 1 aliphatic carbocycles. The summed E-state index contributed by atoms with van der Waals surface area (Å²) in [5.41, 5.74) is 1.12. The van der Waals surface area contributed by atoms with Crippen molar-refractivity contribution in [1.82, 2.24) is 10.3 Å². The van der Waals surface area contributed by atoms with Gasteiger partial charge >= 0.3 is 0 Å². The number of unbranched alkanes of at least 4 members (excludes halogenated alkanes) is 3. The van der Waals surface area contributed by atoms with Crippen molar-refractivity contribution in [2.45, 2.75) is 51.0 Å². The molecule has 106 valence electrons. The topological polar surface area (TPSA) is 34.1 Å². The Morgan fingerprint density at radius 1 is 1.11 bits per heavy atom. The van der Waals surface area contributed by atoms with E-state index in [0.717, 1.165) is 31.4 Å². The molecule has 1 aromatic rings. The van der Waals surface area contributed by atoms with Crippen LogP contribution in [0.1, 0.15) is 44.2 Å². The molecule has 1 aliphatic rings. The van der Waals surface area contributed by atoms with Crippen molar-refractivity contribution in [1.29, 1.82) is 0 Å². The second-order valence-corrected chi connectivity index (χ2v) is 5.33. The molecule has 3 heteroatoms. The number of rotatable bonds is 11. The van der Waals surface area contributed by atoms with E-state index in [1.54, 1.807) is 0 Å². The van der Waals surface area contributed by atoms with Crippen molar-refractivity contribution in [3.05, 3.63) is 30.1 Å². The second-order valence-electron chi connectivity index (χ2n) is 5.33. The molecule has 0 amide bonds. The van der Waals surface area contributed by atoms with Gasteiger partial charge in [-0.25, -0.2) is 0 Å². The van der Waals surface area contributed by atoms with Crippen LogP contribution in [0.25, 0.3) is 0 Å². The van der Waals surface area contributed by atoms with E-state index in [9.17, 15) is 0 Å². The zero-order valence-corrected chi connectivity index (χ0v) is 11.8. The highest BCUT2D eigenvalue weighted by atomic mass is 16.5. The summed E-state index contributed by atoms with van der Waals surface area (Å²) < 4.78 is 5.64. The molecular formula is C16H26N2O. The molecule has 1 fully saturated rings. The highest BCUT2D eigenvalue weighted by Gasteiger charge is 2.19. The van der Waals surface area contributed by atoms with Crippen LogP contribution >= 0.6 is 0 Å². The lowest BCUT2D eigenvalue weighted by Crippen LogP contribution is -2.17. The maximum Gasteiger partial charge on any atom is 0.0521 e. The summed E-state index contributed by atoms with van der Waals surface area (Å²) in [5.74, 6) is 0. The van der Waals surface area contributed by atoms with Crippen LogP contribution in [0.15, 0.2) is 24.4 Å². The summed E-state index contributed by atoms with van der Waals surface area (Å²) in [6.45, 7) is 2.88. The number of hydrogen-bond donors (Lipinski definition) is 1. The fourth-order valence-corrected chi connectivity index (χ4v) is 2.10. The largest absolute Gasteiger partial charge is 0.381 e. The summed E-state index contributed by atoms with van der Waals surface area (Å²) in [5, 5.41) is 3.55. The number of pyridine rings is 1. The van der Waals surface area contributed by atoms with Crippen molar-refractivity contribution in [2.24, 2.45) is 0 Å². The van der Waals surface area contributed by atoms with Gasteiger partial charge in [-0.2, -0.15) is 0 Å². The Bertz CT molecular complexity index is 325. The van der Waals surface area contributed by atoms with Gasteiger partial charge in [0.25, 0.3) is 0 Å². The summed E-state index contributed by atoms with van der Waals surface area (Å²) in [6, 6.07) is 6.88. The van der Waals surface area contributed by atoms with E-state index in [1.165, 1.54) is 45.1 Å². The molecule has 0 unspecified atom stereocenters. The fraction of sp³-hybridized carbons (Fsp3) is 0.688. The lowest BCUT2D eigenvalue weighted by molar-refractivity contribution is 0.132. The van der Waals surface area contributed by atoms with Gasteiger partial charge in [0.1, 0.15) is 0 Å².